The Morgan fingerprint density at radius 3 is 2.76 bits per heavy atom. The van der Waals surface area contributed by atoms with Gasteiger partial charge in [-0.2, -0.15) is 0 Å². The third-order valence-corrected chi connectivity index (χ3v) is 5.42. The first-order valence-electron chi connectivity index (χ1n) is 10.8. The second-order valence-electron chi connectivity index (χ2n) is 7.81. The number of ether oxygens (including phenoxy) is 2. The SMILES string of the molecule is COc1ccccc1C(=O)N1CCCCNC(=O)c2cc(Cl)ccc2OC[C@H](C)NC(=O)C1. The van der Waals surface area contributed by atoms with Crippen LogP contribution in [0, 0.1) is 0 Å². The quantitative estimate of drug-likeness (QED) is 0.699. The molecule has 0 saturated heterocycles. The summed E-state index contributed by atoms with van der Waals surface area (Å²) in [5.74, 6) is -0.0391. The Morgan fingerprint density at radius 1 is 1.18 bits per heavy atom. The van der Waals surface area contributed by atoms with E-state index in [1.807, 2.05) is 0 Å². The maximum atomic E-state index is 13.2. The van der Waals surface area contributed by atoms with E-state index in [0.717, 1.165) is 0 Å². The van der Waals surface area contributed by atoms with Crippen molar-refractivity contribution in [3.63, 3.8) is 0 Å². The van der Waals surface area contributed by atoms with Crippen molar-refractivity contribution in [2.45, 2.75) is 25.8 Å². The second kappa shape index (κ2) is 11.6. The number of hydrogen-bond acceptors (Lipinski definition) is 5. The van der Waals surface area contributed by atoms with Crippen molar-refractivity contribution in [1.29, 1.82) is 0 Å². The zero-order valence-corrected chi connectivity index (χ0v) is 19.5. The van der Waals surface area contributed by atoms with Crippen LogP contribution in [0.15, 0.2) is 42.5 Å². The number of benzene rings is 2. The first kappa shape index (κ1) is 24.4. The van der Waals surface area contributed by atoms with Gasteiger partial charge in [-0.1, -0.05) is 23.7 Å². The van der Waals surface area contributed by atoms with Crippen molar-refractivity contribution in [3.8, 4) is 11.5 Å². The summed E-state index contributed by atoms with van der Waals surface area (Å²) in [4.78, 5) is 40.0. The Balaban J connectivity index is 1.78. The highest BCUT2D eigenvalue weighted by atomic mass is 35.5. The topological polar surface area (TPSA) is 97.0 Å². The van der Waals surface area contributed by atoms with Crippen LogP contribution >= 0.6 is 11.6 Å². The van der Waals surface area contributed by atoms with Gasteiger partial charge in [0.2, 0.25) is 5.91 Å². The molecular formula is C24H28ClN3O5. The van der Waals surface area contributed by atoms with Gasteiger partial charge in [-0.3, -0.25) is 14.4 Å². The molecule has 0 aliphatic carbocycles. The molecule has 2 N–H and O–H groups in total. The van der Waals surface area contributed by atoms with Gasteiger partial charge in [0.1, 0.15) is 18.1 Å². The Labute approximate surface area is 198 Å². The third-order valence-electron chi connectivity index (χ3n) is 5.18. The lowest BCUT2D eigenvalue weighted by Crippen LogP contribution is -2.45. The summed E-state index contributed by atoms with van der Waals surface area (Å²) in [6.45, 7) is 2.60. The standard InChI is InChI=1S/C24H28ClN3O5/c1-16-15-33-21-10-9-17(25)13-19(21)23(30)26-11-5-6-12-28(14-22(29)27-16)24(31)18-7-3-4-8-20(18)32-2/h3-4,7-10,13,16H,5-6,11-12,14-15H2,1-2H3,(H,26,30)(H,27,29)/t16-/m0/s1. The molecule has 33 heavy (non-hydrogen) atoms. The number of hydrogen-bond donors (Lipinski definition) is 2. The van der Waals surface area contributed by atoms with Crippen LogP contribution in [0.3, 0.4) is 0 Å². The summed E-state index contributed by atoms with van der Waals surface area (Å²) in [6.07, 6.45) is 1.22. The summed E-state index contributed by atoms with van der Waals surface area (Å²) in [5, 5.41) is 6.15. The fourth-order valence-electron chi connectivity index (χ4n) is 3.52. The first-order valence-corrected chi connectivity index (χ1v) is 11.2. The van der Waals surface area contributed by atoms with E-state index in [2.05, 4.69) is 10.6 Å². The van der Waals surface area contributed by atoms with Crippen molar-refractivity contribution in [1.82, 2.24) is 15.5 Å². The fraction of sp³-hybridized carbons (Fsp3) is 0.375. The largest absolute Gasteiger partial charge is 0.496 e. The zero-order valence-electron chi connectivity index (χ0n) is 18.7. The normalized spacial score (nSPS) is 18.0. The summed E-state index contributed by atoms with van der Waals surface area (Å²) in [6, 6.07) is 11.4. The van der Waals surface area contributed by atoms with Gasteiger partial charge in [-0.15, -0.1) is 0 Å². The van der Waals surface area contributed by atoms with Crippen molar-refractivity contribution in [2.24, 2.45) is 0 Å². The van der Waals surface area contributed by atoms with Crippen LogP contribution in [0.2, 0.25) is 5.02 Å². The number of amides is 3. The molecule has 1 atom stereocenters. The van der Waals surface area contributed by atoms with Crippen molar-refractivity contribution in [3.05, 3.63) is 58.6 Å². The lowest BCUT2D eigenvalue weighted by Gasteiger charge is -2.24. The summed E-state index contributed by atoms with van der Waals surface area (Å²) in [7, 11) is 1.50. The number of halogens is 1. The molecule has 1 aliphatic heterocycles. The van der Waals surface area contributed by atoms with E-state index < -0.39 is 0 Å². The maximum absolute atomic E-state index is 13.2. The van der Waals surface area contributed by atoms with E-state index >= 15 is 0 Å². The van der Waals surface area contributed by atoms with Crippen molar-refractivity contribution >= 4 is 29.3 Å². The number of methoxy groups -OCH3 is 1. The van der Waals surface area contributed by atoms with Gasteiger partial charge in [-0.05, 0) is 50.1 Å². The van der Waals surface area contributed by atoms with E-state index in [1.165, 1.54) is 12.0 Å². The number of fused-ring (bicyclic) bond motifs is 1. The predicted octanol–water partition coefficient (Wildman–Crippen LogP) is 2.90. The molecule has 0 aromatic heterocycles. The van der Waals surface area contributed by atoms with Gasteiger partial charge in [0, 0.05) is 18.1 Å². The van der Waals surface area contributed by atoms with Gasteiger partial charge in [-0.25, -0.2) is 0 Å². The highest BCUT2D eigenvalue weighted by Crippen LogP contribution is 2.23. The average molecular weight is 474 g/mol. The molecule has 0 saturated carbocycles. The van der Waals surface area contributed by atoms with Crippen LogP contribution < -0.4 is 20.1 Å². The predicted molar refractivity (Wildman–Crippen MR) is 125 cm³/mol. The highest BCUT2D eigenvalue weighted by molar-refractivity contribution is 6.31. The Morgan fingerprint density at radius 2 is 1.97 bits per heavy atom. The van der Waals surface area contributed by atoms with Crippen LogP contribution in [0.5, 0.6) is 11.5 Å². The van der Waals surface area contributed by atoms with Gasteiger partial charge in [0.25, 0.3) is 11.8 Å². The minimum absolute atomic E-state index is 0.0974. The van der Waals surface area contributed by atoms with Gasteiger partial charge < -0.3 is 25.0 Å². The number of rotatable bonds is 2. The first-order chi connectivity index (χ1) is 15.9. The Hall–Kier alpha value is -3.26. The van der Waals surface area contributed by atoms with Gasteiger partial charge in [0.05, 0.1) is 30.8 Å². The Kier molecular flexibility index (Phi) is 8.54. The van der Waals surface area contributed by atoms with Gasteiger partial charge >= 0.3 is 0 Å². The van der Waals surface area contributed by atoms with Crippen molar-refractivity contribution < 1.29 is 23.9 Å². The molecule has 3 rings (SSSR count). The molecule has 2 aromatic carbocycles. The number of carbonyl (C=O) groups is 3. The summed E-state index contributed by atoms with van der Waals surface area (Å²) >= 11 is 6.06. The van der Waals surface area contributed by atoms with Crippen LogP contribution in [0.1, 0.15) is 40.5 Å². The van der Waals surface area contributed by atoms with E-state index in [1.54, 1.807) is 49.4 Å². The smallest absolute Gasteiger partial charge is 0.258 e. The van der Waals surface area contributed by atoms with E-state index in [4.69, 9.17) is 21.1 Å². The molecule has 1 heterocycles. The van der Waals surface area contributed by atoms with Crippen LogP contribution in [0.25, 0.3) is 0 Å². The molecular weight excluding hydrogens is 446 g/mol. The molecule has 0 radical (unpaired) electrons. The second-order valence-corrected chi connectivity index (χ2v) is 8.25. The number of para-hydroxylation sites is 1. The highest BCUT2D eigenvalue weighted by Gasteiger charge is 2.23. The molecule has 0 bridgehead atoms. The van der Waals surface area contributed by atoms with E-state index in [9.17, 15) is 14.4 Å². The van der Waals surface area contributed by atoms with Crippen LogP contribution in [0.4, 0.5) is 0 Å². The molecule has 1 aliphatic rings. The molecule has 0 fully saturated rings. The minimum Gasteiger partial charge on any atom is -0.496 e. The van der Waals surface area contributed by atoms with E-state index in [0.29, 0.717) is 53.6 Å². The van der Waals surface area contributed by atoms with Gasteiger partial charge in [0.15, 0.2) is 0 Å². The van der Waals surface area contributed by atoms with Crippen molar-refractivity contribution in [2.75, 3.05) is 33.4 Å². The van der Waals surface area contributed by atoms with E-state index in [-0.39, 0.29) is 36.9 Å². The molecule has 3 amide bonds. The van der Waals surface area contributed by atoms with Crippen LogP contribution in [-0.4, -0.2) is 62.0 Å². The average Bonchev–Trinajstić information content (AvgIpc) is 2.81. The molecule has 0 spiro atoms. The molecule has 2 aromatic rings. The summed E-state index contributed by atoms with van der Waals surface area (Å²) in [5.41, 5.74) is 0.728. The summed E-state index contributed by atoms with van der Waals surface area (Å²) < 4.78 is 11.1. The lowest BCUT2D eigenvalue weighted by molar-refractivity contribution is -0.122. The monoisotopic (exact) mass is 473 g/mol. The number of carbonyl (C=O) groups excluding carboxylic acids is 3. The number of nitrogens with one attached hydrogen (secondary N) is 2. The minimum atomic E-state index is -0.350. The molecule has 176 valence electrons. The van der Waals surface area contributed by atoms with Crippen LogP contribution in [-0.2, 0) is 4.79 Å². The molecule has 8 nitrogen and oxygen atoms in total. The third kappa shape index (κ3) is 6.61. The Bertz CT molecular complexity index is 1010. The zero-order chi connectivity index (χ0) is 23.8. The number of nitrogens with zero attached hydrogens (tertiary/aromatic N) is 1. The molecule has 0 unspecified atom stereocenters. The maximum Gasteiger partial charge on any atom is 0.258 e. The lowest BCUT2D eigenvalue weighted by atomic mass is 10.1. The molecule has 9 heteroatoms. The fourth-order valence-corrected chi connectivity index (χ4v) is 3.70.